The molecule has 1 heterocycles. The van der Waals surface area contributed by atoms with Crippen LogP contribution in [0, 0.1) is 12.8 Å². The van der Waals surface area contributed by atoms with Gasteiger partial charge in [-0.1, -0.05) is 37.5 Å². The van der Waals surface area contributed by atoms with Gasteiger partial charge < -0.3 is 4.57 Å². The summed E-state index contributed by atoms with van der Waals surface area (Å²) in [6.07, 6.45) is 5.88. The third-order valence-electron chi connectivity index (χ3n) is 4.53. The van der Waals surface area contributed by atoms with Crippen LogP contribution in [-0.2, 0) is 11.3 Å². The lowest BCUT2D eigenvalue weighted by molar-refractivity contribution is -0.124. The lowest BCUT2D eigenvalue weighted by Gasteiger charge is -2.21. The molecule has 106 valence electrons. The molecule has 1 aliphatic carbocycles. The van der Waals surface area contributed by atoms with Gasteiger partial charge in [0.05, 0.1) is 6.54 Å². The van der Waals surface area contributed by atoms with Crippen LogP contribution in [0.2, 0.25) is 0 Å². The predicted molar refractivity (Wildman–Crippen MR) is 86.0 cm³/mol. The van der Waals surface area contributed by atoms with Gasteiger partial charge in [-0.25, -0.2) is 0 Å². The van der Waals surface area contributed by atoms with E-state index in [0.717, 1.165) is 28.5 Å². The largest absolute Gasteiger partial charge is 0.336 e. The summed E-state index contributed by atoms with van der Waals surface area (Å²) >= 11 is 3.66. The number of hydrogen-bond acceptors (Lipinski definition) is 1. The van der Waals surface area contributed by atoms with Gasteiger partial charge in [0.2, 0.25) is 0 Å². The molecular weight excluding hydrogens is 314 g/mol. The molecule has 1 aromatic heterocycles. The number of benzene rings is 1. The van der Waals surface area contributed by atoms with E-state index in [4.69, 9.17) is 0 Å². The van der Waals surface area contributed by atoms with Crippen molar-refractivity contribution in [3.05, 3.63) is 34.4 Å². The molecule has 1 aromatic carbocycles. The van der Waals surface area contributed by atoms with Crippen LogP contribution in [0.5, 0.6) is 0 Å². The summed E-state index contributed by atoms with van der Waals surface area (Å²) in [5.41, 5.74) is 2.30. The van der Waals surface area contributed by atoms with Crippen molar-refractivity contribution in [2.75, 3.05) is 0 Å². The van der Waals surface area contributed by atoms with E-state index in [-0.39, 0.29) is 5.92 Å². The minimum absolute atomic E-state index is 0.281. The molecule has 0 radical (unpaired) electrons. The normalized spacial score (nSPS) is 16.7. The maximum atomic E-state index is 12.5. The van der Waals surface area contributed by atoms with Gasteiger partial charge in [-0.3, -0.25) is 4.79 Å². The summed E-state index contributed by atoms with van der Waals surface area (Å²) in [5, 5.41) is 1.20. The van der Waals surface area contributed by atoms with Gasteiger partial charge in [-0.2, -0.15) is 0 Å². The third-order valence-corrected chi connectivity index (χ3v) is 5.53. The fourth-order valence-corrected chi connectivity index (χ4v) is 3.85. The van der Waals surface area contributed by atoms with Crippen molar-refractivity contribution in [3.8, 4) is 0 Å². The van der Waals surface area contributed by atoms with E-state index in [1.54, 1.807) is 0 Å². The molecular formula is C17H20BrNO. The molecule has 2 nitrogen and oxygen atoms in total. The number of nitrogens with zero attached hydrogens (tertiary/aromatic N) is 1. The number of halogens is 1. The van der Waals surface area contributed by atoms with Crippen molar-refractivity contribution in [1.82, 2.24) is 4.57 Å². The molecule has 1 aliphatic rings. The molecule has 20 heavy (non-hydrogen) atoms. The molecule has 0 unspecified atom stereocenters. The molecule has 2 aromatic rings. The van der Waals surface area contributed by atoms with Crippen LogP contribution >= 0.6 is 15.9 Å². The lowest BCUT2D eigenvalue weighted by Crippen LogP contribution is -2.22. The summed E-state index contributed by atoms with van der Waals surface area (Å²) in [5.74, 6) is 0.684. The molecule has 1 saturated carbocycles. The van der Waals surface area contributed by atoms with Crippen LogP contribution in [0.1, 0.15) is 37.8 Å². The maximum absolute atomic E-state index is 12.5. The molecule has 0 atom stereocenters. The smallest absolute Gasteiger partial charge is 0.155 e. The lowest BCUT2D eigenvalue weighted by atomic mass is 9.86. The first-order chi connectivity index (χ1) is 9.68. The fraction of sp³-hybridized carbons (Fsp3) is 0.471. The van der Waals surface area contributed by atoms with E-state index in [1.807, 2.05) is 12.1 Å². The van der Waals surface area contributed by atoms with Crippen molar-refractivity contribution < 1.29 is 4.79 Å². The Bertz CT molecular complexity index is 638. The quantitative estimate of drug-likeness (QED) is 0.785. The number of rotatable bonds is 3. The van der Waals surface area contributed by atoms with E-state index >= 15 is 0 Å². The number of para-hydroxylation sites is 1. The van der Waals surface area contributed by atoms with Crippen LogP contribution in [0.4, 0.5) is 0 Å². The van der Waals surface area contributed by atoms with Crippen LogP contribution in [0.25, 0.3) is 10.9 Å². The van der Waals surface area contributed by atoms with Gasteiger partial charge in [0, 0.05) is 27.0 Å². The Balaban J connectivity index is 1.90. The van der Waals surface area contributed by atoms with Crippen molar-refractivity contribution in [2.24, 2.45) is 5.92 Å². The highest BCUT2D eigenvalue weighted by atomic mass is 79.9. The number of aromatic nitrogens is 1. The Morgan fingerprint density at radius 2 is 1.95 bits per heavy atom. The summed E-state index contributed by atoms with van der Waals surface area (Å²) in [6, 6.07) is 8.28. The highest BCUT2D eigenvalue weighted by Gasteiger charge is 2.22. The average Bonchev–Trinajstić information content (AvgIpc) is 2.74. The van der Waals surface area contributed by atoms with E-state index in [2.05, 4.69) is 39.6 Å². The second kappa shape index (κ2) is 5.72. The van der Waals surface area contributed by atoms with Crippen molar-refractivity contribution in [1.29, 1.82) is 0 Å². The number of hydrogen-bond donors (Lipinski definition) is 0. The van der Waals surface area contributed by atoms with Gasteiger partial charge >= 0.3 is 0 Å². The molecule has 0 amide bonds. The Hall–Kier alpha value is -1.09. The Morgan fingerprint density at radius 3 is 2.70 bits per heavy atom. The first kappa shape index (κ1) is 13.9. The predicted octanol–water partition coefficient (Wildman–Crippen LogP) is 4.86. The molecule has 3 rings (SSSR count). The molecule has 1 fully saturated rings. The van der Waals surface area contributed by atoms with Gasteiger partial charge in [0.15, 0.2) is 5.78 Å². The standard InChI is InChI=1S/C17H20BrNO/c1-12-17(18)14-9-5-6-10-15(14)19(12)11-16(20)13-7-3-2-4-8-13/h5-6,9-10,13H,2-4,7-8,11H2,1H3. The molecule has 0 N–H and O–H groups in total. The SMILES string of the molecule is Cc1c(Br)c2ccccc2n1CC(=O)C1CCCCC1. The van der Waals surface area contributed by atoms with E-state index in [9.17, 15) is 4.79 Å². The zero-order chi connectivity index (χ0) is 14.1. The van der Waals surface area contributed by atoms with E-state index in [0.29, 0.717) is 12.3 Å². The number of ketones is 1. The number of fused-ring (bicyclic) bond motifs is 1. The van der Waals surface area contributed by atoms with E-state index in [1.165, 1.54) is 24.6 Å². The minimum atomic E-state index is 0.281. The van der Waals surface area contributed by atoms with Gasteiger partial charge in [-0.05, 0) is 41.8 Å². The topological polar surface area (TPSA) is 22.0 Å². The second-order valence-electron chi connectivity index (χ2n) is 5.80. The number of Topliss-reactive ketones (excluding diaryl/α,β-unsaturated/α-hetero) is 1. The van der Waals surface area contributed by atoms with Gasteiger partial charge in [0.1, 0.15) is 0 Å². The molecule has 3 heteroatoms. The molecule has 0 saturated heterocycles. The Kier molecular flexibility index (Phi) is 3.97. The van der Waals surface area contributed by atoms with Crippen molar-refractivity contribution >= 4 is 32.6 Å². The molecule has 0 spiro atoms. The zero-order valence-electron chi connectivity index (χ0n) is 11.9. The Labute approximate surface area is 128 Å². The highest BCUT2D eigenvalue weighted by Crippen LogP contribution is 2.31. The first-order valence-electron chi connectivity index (χ1n) is 7.44. The van der Waals surface area contributed by atoms with Gasteiger partial charge in [0.25, 0.3) is 0 Å². The Morgan fingerprint density at radius 1 is 1.25 bits per heavy atom. The molecule has 0 aliphatic heterocycles. The monoisotopic (exact) mass is 333 g/mol. The maximum Gasteiger partial charge on any atom is 0.155 e. The number of carbonyl (C=O) groups is 1. The van der Waals surface area contributed by atoms with Crippen LogP contribution in [0.15, 0.2) is 28.7 Å². The van der Waals surface area contributed by atoms with Crippen molar-refractivity contribution in [2.45, 2.75) is 45.6 Å². The van der Waals surface area contributed by atoms with Crippen LogP contribution < -0.4 is 0 Å². The minimum Gasteiger partial charge on any atom is -0.336 e. The number of carbonyl (C=O) groups excluding carboxylic acids is 1. The summed E-state index contributed by atoms with van der Waals surface area (Å²) in [7, 11) is 0. The van der Waals surface area contributed by atoms with Crippen LogP contribution in [-0.4, -0.2) is 10.4 Å². The van der Waals surface area contributed by atoms with Crippen molar-refractivity contribution in [3.63, 3.8) is 0 Å². The summed E-state index contributed by atoms with van der Waals surface area (Å²) < 4.78 is 3.28. The summed E-state index contributed by atoms with van der Waals surface area (Å²) in [4.78, 5) is 12.5. The first-order valence-corrected chi connectivity index (χ1v) is 8.24. The zero-order valence-corrected chi connectivity index (χ0v) is 13.4. The third kappa shape index (κ3) is 2.44. The molecule has 0 bridgehead atoms. The van der Waals surface area contributed by atoms with Gasteiger partial charge in [-0.15, -0.1) is 0 Å². The fourth-order valence-electron chi connectivity index (χ4n) is 3.30. The van der Waals surface area contributed by atoms with E-state index < -0.39 is 0 Å². The highest BCUT2D eigenvalue weighted by molar-refractivity contribution is 9.10. The second-order valence-corrected chi connectivity index (χ2v) is 6.60. The van der Waals surface area contributed by atoms with Crippen LogP contribution in [0.3, 0.4) is 0 Å². The average molecular weight is 334 g/mol. The summed E-state index contributed by atoms with van der Waals surface area (Å²) in [6.45, 7) is 2.60.